The summed E-state index contributed by atoms with van der Waals surface area (Å²) < 4.78 is 11.9. The highest BCUT2D eigenvalue weighted by Gasteiger charge is 2.41. The third-order valence-corrected chi connectivity index (χ3v) is 8.07. The smallest absolute Gasteiger partial charge is 0.410 e. The fourth-order valence-electron chi connectivity index (χ4n) is 5.76. The Kier molecular flexibility index (Phi) is 7.16. The Balaban J connectivity index is 1.61. The number of pyridine rings is 1. The van der Waals surface area contributed by atoms with Gasteiger partial charge in [-0.25, -0.2) is 9.78 Å². The van der Waals surface area contributed by atoms with Crippen LogP contribution < -0.4 is 0 Å². The molecule has 0 N–H and O–H groups in total. The first kappa shape index (κ1) is 28.4. The van der Waals surface area contributed by atoms with Crippen LogP contribution in [0, 0.1) is 5.41 Å². The highest BCUT2D eigenvalue weighted by Crippen LogP contribution is 2.43. The fraction of sp³-hybridized carbons (Fsp3) is 0.710. The zero-order chi connectivity index (χ0) is 28.3. The predicted molar refractivity (Wildman–Crippen MR) is 151 cm³/mol. The monoisotopic (exact) mass is 525 g/mol. The summed E-state index contributed by atoms with van der Waals surface area (Å²) in [5.41, 5.74) is 2.76. The predicted octanol–water partition coefficient (Wildman–Crippen LogP) is 7.28. The molecule has 2 amide bonds. The van der Waals surface area contributed by atoms with Gasteiger partial charge in [-0.2, -0.15) is 0 Å². The minimum absolute atomic E-state index is 0.152. The van der Waals surface area contributed by atoms with E-state index in [0.717, 1.165) is 29.6 Å². The fourth-order valence-corrected chi connectivity index (χ4v) is 5.76. The van der Waals surface area contributed by atoms with Gasteiger partial charge in [0, 0.05) is 42.9 Å². The minimum atomic E-state index is -0.578. The molecule has 4 rings (SSSR count). The molecule has 2 aromatic heterocycles. The van der Waals surface area contributed by atoms with Crippen molar-refractivity contribution in [3.8, 4) is 0 Å². The molecule has 2 aromatic rings. The van der Waals surface area contributed by atoms with E-state index >= 15 is 0 Å². The van der Waals surface area contributed by atoms with E-state index in [1.54, 1.807) is 4.90 Å². The zero-order valence-electron chi connectivity index (χ0n) is 25.2. The van der Waals surface area contributed by atoms with Crippen molar-refractivity contribution in [1.82, 2.24) is 14.8 Å². The summed E-state index contributed by atoms with van der Waals surface area (Å²) in [6.45, 7) is 22.0. The van der Waals surface area contributed by atoms with E-state index < -0.39 is 11.1 Å². The van der Waals surface area contributed by atoms with Crippen molar-refractivity contribution in [3.05, 3.63) is 29.2 Å². The van der Waals surface area contributed by atoms with Crippen LogP contribution in [0.25, 0.3) is 11.1 Å². The normalized spacial score (nSPS) is 20.6. The molecule has 0 spiro atoms. The number of furan rings is 1. The lowest BCUT2D eigenvalue weighted by Crippen LogP contribution is -2.62. The van der Waals surface area contributed by atoms with Gasteiger partial charge in [-0.05, 0) is 77.2 Å². The molecule has 3 heterocycles. The number of amides is 2. The number of hydrogen-bond donors (Lipinski definition) is 0. The zero-order valence-corrected chi connectivity index (χ0v) is 25.2. The summed E-state index contributed by atoms with van der Waals surface area (Å²) in [7, 11) is 0. The molecule has 1 saturated heterocycles. The van der Waals surface area contributed by atoms with Crippen LogP contribution in [0.4, 0.5) is 4.79 Å². The van der Waals surface area contributed by atoms with Crippen molar-refractivity contribution in [2.75, 3.05) is 19.6 Å². The number of carbonyl (C=O) groups excluding carboxylic acids is 2. The first-order valence-corrected chi connectivity index (χ1v) is 14.1. The molecular formula is C31H47N3O4. The van der Waals surface area contributed by atoms with Crippen LogP contribution in [0.3, 0.4) is 0 Å². The number of piperazine rings is 1. The minimum Gasteiger partial charge on any atom is -0.449 e. The number of ether oxygens (including phenoxy) is 1. The van der Waals surface area contributed by atoms with E-state index in [1.807, 2.05) is 45.6 Å². The lowest BCUT2D eigenvalue weighted by molar-refractivity contribution is -0.0117. The second kappa shape index (κ2) is 9.56. The third kappa shape index (κ3) is 6.02. The van der Waals surface area contributed by atoms with E-state index in [9.17, 15) is 9.59 Å². The van der Waals surface area contributed by atoms with Gasteiger partial charge in [0.15, 0.2) is 11.3 Å². The Bertz CT molecular complexity index is 1200. The molecule has 0 unspecified atom stereocenters. The Morgan fingerprint density at radius 3 is 2.18 bits per heavy atom. The van der Waals surface area contributed by atoms with E-state index in [4.69, 9.17) is 14.1 Å². The van der Waals surface area contributed by atoms with E-state index in [2.05, 4.69) is 40.7 Å². The molecule has 0 aromatic carbocycles. The number of hydrogen-bond acceptors (Lipinski definition) is 5. The van der Waals surface area contributed by atoms with Crippen LogP contribution in [0.15, 0.2) is 16.5 Å². The molecule has 210 valence electrons. The van der Waals surface area contributed by atoms with Gasteiger partial charge in [-0.15, -0.1) is 0 Å². The maximum absolute atomic E-state index is 13.8. The van der Waals surface area contributed by atoms with Gasteiger partial charge in [0.05, 0.1) is 5.54 Å². The van der Waals surface area contributed by atoms with Gasteiger partial charge < -0.3 is 19.0 Å². The van der Waals surface area contributed by atoms with Crippen LogP contribution >= 0.6 is 0 Å². The van der Waals surface area contributed by atoms with Crippen molar-refractivity contribution in [1.29, 1.82) is 0 Å². The average molecular weight is 526 g/mol. The molecule has 1 saturated carbocycles. The molecular weight excluding hydrogens is 478 g/mol. The van der Waals surface area contributed by atoms with Crippen LogP contribution in [0.2, 0.25) is 0 Å². The molecule has 1 aliphatic heterocycles. The van der Waals surface area contributed by atoms with Gasteiger partial charge in [-0.1, -0.05) is 34.6 Å². The average Bonchev–Trinajstić information content (AvgIpc) is 3.19. The number of aromatic nitrogens is 1. The second-order valence-electron chi connectivity index (χ2n) is 14.8. The first-order valence-electron chi connectivity index (χ1n) is 14.1. The number of rotatable bonds is 2. The standard InChI is InChI=1S/C31H47N3O4/c1-28(2,3)21-17-22(20-11-13-30(7,8)14-12-20)32-23-18-24(37-25(21)23)26(35)34-16-15-33(19-31(34,9)10)27(36)38-29(4,5)6/h17-18,20H,11-16,19H2,1-10H3. The number of nitrogens with zero attached hydrogens (tertiary/aromatic N) is 3. The highest BCUT2D eigenvalue weighted by atomic mass is 16.6. The van der Waals surface area contributed by atoms with Gasteiger partial charge >= 0.3 is 6.09 Å². The summed E-state index contributed by atoms with van der Waals surface area (Å²) in [5.74, 6) is 0.568. The molecule has 0 atom stereocenters. The van der Waals surface area contributed by atoms with Gasteiger partial charge in [-0.3, -0.25) is 4.79 Å². The van der Waals surface area contributed by atoms with Gasteiger partial charge in [0.25, 0.3) is 5.91 Å². The number of carbonyl (C=O) groups is 2. The van der Waals surface area contributed by atoms with Crippen molar-refractivity contribution in [2.24, 2.45) is 5.41 Å². The maximum atomic E-state index is 13.8. The molecule has 0 radical (unpaired) electrons. The maximum Gasteiger partial charge on any atom is 0.410 e. The third-order valence-electron chi connectivity index (χ3n) is 8.07. The van der Waals surface area contributed by atoms with Crippen molar-refractivity contribution in [2.45, 2.75) is 117 Å². The Hall–Kier alpha value is -2.57. The first-order chi connectivity index (χ1) is 17.4. The van der Waals surface area contributed by atoms with E-state index in [-0.39, 0.29) is 17.4 Å². The molecule has 38 heavy (non-hydrogen) atoms. The lowest BCUT2D eigenvalue weighted by atomic mass is 9.72. The second-order valence-corrected chi connectivity index (χ2v) is 14.8. The summed E-state index contributed by atoms with van der Waals surface area (Å²) in [5, 5.41) is 0. The van der Waals surface area contributed by atoms with Crippen LogP contribution in [0.5, 0.6) is 0 Å². The summed E-state index contributed by atoms with van der Waals surface area (Å²) >= 11 is 0. The van der Waals surface area contributed by atoms with Crippen molar-refractivity contribution >= 4 is 23.1 Å². The molecule has 7 nitrogen and oxygen atoms in total. The van der Waals surface area contributed by atoms with Crippen LogP contribution in [0.1, 0.15) is 123 Å². The van der Waals surface area contributed by atoms with Crippen molar-refractivity contribution in [3.63, 3.8) is 0 Å². The van der Waals surface area contributed by atoms with E-state index in [0.29, 0.717) is 42.3 Å². The molecule has 2 aliphatic rings. The largest absolute Gasteiger partial charge is 0.449 e. The summed E-state index contributed by atoms with van der Waals surface area (Å²) in [6.07, 6.45) is 4.31. The quantitative estimate of drug-likeness (QED) is 0.412. The Morgan fingerprint density at radius 1 is 1.00 bits per heavy atom. The highest BCUT2D eigenvalue weighted by molar-refractivity contribution is 5.96. The summed E-state index contributed by atoms with van der Waals surface area (Å²) in [6, 6.07) is 4.03. The van der Waals surface area contributed by atoms with E-state index in [1.165, 1.54) is 12.8 Å². The number of fused-ring (bicyclic) bond motifs is 1. The van der Waals surface area contributed by atoms with Gasteiger partial charge in [0.1, 0.15) is 11.1 Å². The molecule has 7 heteroatoms. The SMILES string of the molecule is CC1(C)CCC(c2cc(C(C)(C)C)c3oc(C(=O)N4CCN(C(=O)OC(C)(C)C)CC4(C)C)cc3n2)CC1. The molecule has 0 bridgehead atoms. The Morgan fingerprint density at radius 2 is 1.63 bits per heavy atom. The molecule has 1 aliphatic carbocycles. The van der Waals surface area contributed by atoms with Crippen LogP contribution in [-0.4, -0.2) is 57.6 Å². The summed E-state index contributed by atoms with van der Waals surface area (Å²) in [4.78, 5) is 35.0. The Labute approximate surface area is 228 Å². The van der Waals surface area contributed by atoms with Crippen LogP contribution in [-0.2, 0) is 10.2 Å². The topological polar surface area (TPSA) is 75.9 Å². The molecule has 2 fully saturated rings. The lowest BCUT2D eigenvalue weighted by Gasteiger charge is -2.46. The van der Waals surface area contributed by atoms with Crippen molar-refractivity contribution < 1.29 is 18.7 Å². The van der Waals surface area contributed by atoms with Gasteiger partial charge in [0.2, 0.25) is 0 Å².